The lowest BCUT2D eigenvalue weighted by molar-refractivity contribution is 0.601. The number of nitrogens with zero attached hydrogens (tertiary/aromatic N) is 2. The van der Waals surface area contributed by atoms with Gasteiger partial charge in [0.2, 0.25) is 0 Å². The third kappa shape index (κ3) is 2.82. The Bertz CT molecular complexity index is 912. The molecule has 0 atom stereocenters. The van der Waals surface area contributed by atoms with E-state index in [2.05, 4.69) is 9.71 Å². The van der Waals surface area contributed by atoms with Crippen molar-refractivity contribution in [3.05, 3.63) is 60.0 Å². The van der Waals surface area contributed by atoms with Crippen LogP contribution in [0.5, 0.6) is 0 Å². The number of nitrogens with one attached hydrogen (secondary N) is 1. The van der Waals surface area contributed by atoms with Gasteiger partial charge >= 0.3 is 0 Å². The third-order valence-electron chi connectivity index (χ3n) is 3.47. The van der Waals surface area contributed by atoms with Crippen LogP contribution in [0.15, 0.2) is 53.7 Å². The summed E-state index contributed by atoms with van der Waals surface area (Å²) in [5.41, 5.74) is 3.28. The Labute approximate surface area is 129 Å². The Kier molecular flexibility index (Phi) is 3.62. The fraction of sp³-hybridized carbons (Fsp3) is 0.188. The van der Waals surface area contributed by atoms with E-state index in [1.807, 2.05) is 32.2 Å². The van der Waals surface area contributed by atoms with Gasteiger partial charge < -0.3 is 4.40 Å². The molecule has 0 aliphatic rings. The average Bonchev–Trinajstić information content (AvgIpc) is 2.86. The summed E-state index contributed by atoms with van der Waals surface area (Å²) in [5, 5.41) is 0. The molecule has 2 aromatic heterocycles. The Morgan fingerprint density at radius 3 is 2.50 bits per heavy atom. The summed E-state index contributed by atoms with van der Waals surface area (Å²) in [4.78, 5) is 4.57. The number of pyridine rings is 1. The molecule has 114 valence electrons. The van der Waals surface area contributed by atoms with E-state index >= 15 is 0 Å². The van der Waals surface area contributed by atoms with Crippen LogP contribution in [-0.4, -0.2) is 17.8 Å². The van der Waals surface area contributed by atoms with Crippen LogP contribution in [-0.2, 0) is 16.4 Å². The molecule has 3 aromatic rings. The summed E-state index contributed by atoms with van der Waals surface area (Å²) in [7, 11) is -3.58. The highest BCUT2D eigenvalue weighted by Crippen LogP contribution is 2.18. The van der Waals surface area contributed by atoms with Crippen LogP contribution in [0.2, 0.25) is 0 Å². The van der Waals surface area contributed by atoms with Crippen LogP contribution in [0.25, 0.3) is 5.65 Å². The maximum Gasteiger partial charge on any atom is 0.261 e. The maximum absolute atomic E-state index is 12.4. The maximum atomic E-state index is 12.4. The Balaban J connectivity index is 1.91. The van der Waals surface area contributed by atoms with E-state index in [1.165, 1.54) is 0 Å². The molecule has 0 radical (unpaired) electrons. The molecule has 0 bridgehead atoms. The minimum absolute atomic E-state index is 0.256. The van der Waals surface area contributed by atoms with E-state index in [4.69, 9.17) is 0 Å². The molecule has 0 aliphatic carbocycles. The second kappa shape index (κ2) is 5.46. The van der Waals surface area contributed by atoms with Gasteiger partial charge in [-0.25, -0.2) is 13.4 Å². The smallest absolute Gasteiger partial charge is 0.261 e. The monoisotopic (exact) mass is 315 g/mol. The number of benzene rings is 1. The van der Waals surface area contributed by atoms with Crippen LogP contribution >= 0.6 is 0 Å². The van der Waals surface area contributed by atoms with E-state index in [9.17, 15) is 8.42 Å². The largest absolute Gasteiger partial charge is 0.305 e. The molecule has 5 nitrogen and oxygen atoms in total. The van der Waals surface area contributed by atoms with Crippen LogP contribution in [0.4, 0.5) is 5.69 Å². The number of sulfonamides is 1. The molecule has 1 aromatic carbocycles. The van der Waals surface area contributed by atoms with Crippen molar-refractivity contribution < 1.29 is 8.42 Å². The quantitative estimate of drug-likeness (QED) is 0.805. The number of imidazole rings is 1. The molecule has 0 fully saturated rings. The first-order valence-corrected chi connectivity index (χ1v) is 8.53. The number of anilines is 1. The van der Waals surface area contributed by atoms with Crippen molar-refractivity contribution in [2.45, 2.75) is 25.2 Å². The summed E-state index contributed by atoms with van der Waals surface area (Å²) in [6.45, 7) is 3.93. The molecular formula is C16H17N3O2S. The first-order valence-electron chi connectivity index (χ1n) is 7.05. The normalized spacial score (nSPS) is 11.7. The predicted molar refractivity (Wildman–Crippen MR) is 86.6 cm³/mol. The van der Waals surface area contributed by atoms with Gasteiger partial charge in [0.1, 0.15) is 5.65 Å². The molecule has 0 spiro atoms. The zero-order valence-electron chi connectivity index (χ0n) is 12.4. The summed E-state index contributed by atoms with van der Waals surface area (Å²) in [5.74, 6) is 0. The molecule has 3 rings (SSSR count). The minimum atomic E-state index is -3.58. The molecule has 0 unspecified atom stereocenters. The molecule has 0 aliphatic heterocycles. The summed E-state index contributed by atoms with van der Waals surface area (Å²) < 4.78 is 29.2. The lowest BCUT2D eigenvalue weighted by Crippen LogP contribution is -2.13. The van der Waals surface area contributed by atoms with Gasteiger partial charge in [-0.2, -0.15) is 0 Å². The van der Waals surface area contributed by atoms with Crippen molar-refractivity contribution in [1.29, 1.82) is 0 Å². The molecule has 1 N–H and O–H groups in total. The first-order chi connectivity index (χ1) is 10.5. The average molecular weight is 315 g/mol. The topological polar surface area (TPSA) is 63.5 Å². The number of rotatable bonds is 4. The van der Waals surface area contributed by atoms with E-state index in [-0.39, 0.29) is 4.90 Å². The third-order valence-corrected chi connectivity index (χ3v) is 4.86. The number of hydrogen-bond donors (Lipinski definition) is 1. The van der Waals surface area contributed by atoms with E-state index in [1.54, 1.807) is 34.9 Å². The fourth-order valence-electron chi connectivity index (χ4n) is 2.30. The zero-order valence-corrected chi connectivity index (χ0v) is 13.3. The highest BCUT2D eigenvalue weighted by molar-refractivity contribution is 7.92. The summed E-state index contributed by atoms with van der Waals surface area (Å²) >= 11 is 0. The number of fused-ring (bicyclic) bond motifs is 1. The molecular weight excluding hydrogens is 298 g/mol. The minimum Gasteiger partial charge on any atom is -0.305 e. The molecule has 0 amide bonds. The lowest BCUT2D eigenvalue weighted by atomic mass is 10.2. The van der Waals surface area contributed by atoms with E-state index < -0.39 is 10.0 Å². The standard InChI is InChI=1S/C16H17N3O2S/c1-3-13-4-7-15(8-5-13)22(20,21)18-14-6-9-16-17-12(2)10-19(16)11-14/h4-11,18H,3H2,1-2H3. The highest BCUT2D eigenvalue weighted by Gasteiger charge is 2.14. The Morgan fingerprint density at radius 1 is 1.09 bits per heavy atom. The molecule has 0 saturated heterocycles. The molecule has 0 saturated carbocycles. The van der Waals surface area contributed by atoms with Gasteiger partial charge in [0.05, 0.1) is 16.3 Å². The number of aromatic nitrogens is 2. The zero-order chi connectivity index (χ0) is 15.7. The van der Waals surface area contributed by atoms with Gasteiger partial charge in [-0.1, -0.05) is 19.1 Å². The van der Waals surface area contributed by atoms with Crippen LogP contribution in [0.3, 0.4) is 0 Å². The Hall–Kier alpha value is -2.34. The lowest BCUT2D eigenvalue weighted by Gasteiger charge is -2.09. The van der Waals surface area contributed by atoms with Crippen molar-refractivity contribution >= 4 is 21.4 Å². The van der Waals surface area contributed by atoms with E-state index in [0.29, 0.717) is 5.69 Å². The van der Waals surface area contributed by atoms with Gasteiger partial charge in [-0.3, -0.25) is 4.72 Å². The SMILES string of the molecule is CCc1ccc(S(=O)(=O)Nc2ccc3nc(C)cn3c2)cc1. The molecule has 22 heavy (non-hydrogen) atoms. The molecule has 6 heteroatoms. The van der Waals surface area contributed by atoms with Crippen LogP contribution in [0, 0.1) is 6.92 Å². The van der Waals surface area contributed by atoms with Crippen LogP contribution < -0.4 is 4.72 Å². The number of hydrogen-bond acceptors (Lipinski definition) is 3. The van der Waals surface area contributed by atoms with Crippen molar-refractivity contribution in [1.82, 2.24) is 9.38 Å². The number of aryl methyl sites for hydroxylation is 2. The summed E-state index contributed by atoms with van der Waals surface area (Å²) in [6.07, 6.45) is 4.45. The van der Waals surface area contributed by atoms with Crippen molar-refractivity contribution in [2.75, 3.05) is 4.72 Å². The molecule has 2 heterocycles. The van der Waals surface area contributed by atoms with Gasteiger partial charge in [0, 0.05) is 12.4 Å². The predicted octanol–water partition coefficient (Wildman–Crippen LogP) is 3.01. The van der Waals surface area contributed by atoms with Gasteiger partial charge in [-0.05, 0) is 43.2 Å². The Morgan fingerprint density at radius 2 is 1.82 bits per heavy atom. The summed E-state index contributed by atoms with van der Waals surface area (Å²) in [6, 6.07) is 10.4. The fourth-order valence-corrected chi connectivity index (χ4v) is 3.34. The van der Waals surface area contributed by atoms with Crippen molar-refractivity contribution in [2.24, 2.45) is 0 Å². The van der Waals surface area contributed by atoms with Gasteiger partial charge in [0.15, 0.2) is 0 Å². The second-order valence-electron chi connectivity index (χ2n) is 5.17. The first kappa shape index (κ1) is 14.6. The highest BCUT2D eigenvalue weighted by atomic mass is 32.2. The van der Waals surface area contributed by atoms with Crippen LogP contribution in [0.1, 0.15) is 18.2 Å². The van der Waals surface area contributed by atoms with Crippen molar-refractivity contribution in [3.63, 3.8) is 0 Å². The van der Waals surface area contributed by atoms with Crippen molar-refractivity contribution in [3.8, 4) is 0 Å². The van der Waals surface area contributed by atoms with Gasteiger partial charge in [0.25, 0.3) is 10.0 Å². The second-order valence-corrected chi connectivity index (χ2v) is 6.85. The van der Waals surface area contributed by atoms with Gasteiger partial charge in [-0.15, -0.1) is 0 Å². The van der Waals surface area contributed by atoms with E-state index in [0.717, 1.165) is 23.3 Å².